The van der Waals surface area contributed by atoms with Crippen molar-refractivity contribution in [2.24, 2.45) is 9.98 Å². The second-order valence-electron chi connectivity index (χ2n) is 3.53. The van der Waals surface area contributed by atoms with Crippen LogP contribution in [0.5, 0.6) is 0 Å². The molecule has 0 saturated heterocycles. The van der Waals surface area contributed by atoms with Gasteiger partial charge < -0.3 is 0 Å². The summed E-state index contributed by atoms with van der Waals surface area (Å²) >= 11 is 0. The van der Waals surface area contributed by atoms with Crippen molar-refractivity contribution in [2.45, 2.75) is 27.7 Å². The van der Waals surface area contributed by atoms with E-state index in [2.05, 4.69) is 23.1 Å². The first kappa shape index (κ1) is 12.6. The van der Waals surface area contributed by atoms with E-state index in [0.29, 0.717) is 0 Å². The molecule has 0 aromatic rings. The first-order chi connectivity index (χ1) is 6.43. The Morgan fingerprint density at radius 1 is 0.857 bits per heavy atom. The number of rotatable bonds is 4. The van der Waals surface area contributed by atoms with E-state index in [-0.39, 0.29) is 0 Å². The van der Waals surface area contributed by atoms with E-state index in [1.807, 2.05) is 27.7 Å². The Balaban J connectivity index is 4.74. The van der Waals surface area contributed by atoms with E-state index in [1.54, 1.807) is 12.4 Å². The molecular weight excluding hydrogens is 172 g/mol. The van der Waals surface area contributed by atoms with Crippen molar-refractivity contribution >= 4 is 12.4 Å². The average molecular weight is 190 g/mol. The van der Waals surface area contributed by atoms with Crippen molar-refractivity contribution in [3.8, 4) is 0 Å². The highest BCUT2D eigenvalue weighted by Crippen LogP contribution is 2.06. The molecule has 14 heavy (non-hydrogen) atoms. The predicted molar refractivity (Wildman–Crippen MR) is 65.0 cm³/mol. The minimum Gasteiger partial charge on any atom is -0.237 e. The van der Waals surface area contributed by atoms with Gasteiger partial charge in [0, 0.05) is 12.4 Å². The van der Waals surface area contributed by atoms with Gasteiger partial charge in [-0.25, -0.2) is 9.98 Å². The van der Waals surface area contributed by atoms with Crippen LogP contribution in [-0.4, -0.2) is 12.4 Å². The summed E-state index contributed by atoms with van der Waals surface area (Å²) in [5.74, 6) is 0.719. The highest BCUT2D eigenvalue weighted by atomic mass is 14.9. The fourth-order valence-electron chi connectivity index (χ4n) is 0.634. The molecular formula is C12H18N2. The molecule has 0 rings (SSSR count). The summed E-state index contributed by atoms with van der Waals surface area (Å²) in [6.45, 7) is 15.2. The second kappa shape index (κ2) is 6.08. The quantitative estimate of drug-likeness (QED) is 0.606. The molecule has 0 heterocycles. The maximum atomic E-state index is 4.21. The summed E-state index contributed by atoms with van der Waals surface area (Å²) in [7, 11) is 0. The lowest BCUT2D eigenvalue weighted by molar-refractivity contribution is 1.15. The molecule has 0 fully saturated rings. The molecule has 0 N–H and O–H groups in total. The van der Waals surface area contributed by atoms with Crippen LogP contribution in [0.4, 0.5) is 0 Å². The molecule has 0 saturated carbocycles. The van der Waals surface area contributed by atoms with Crippen molar-refractivity contribution in [2.75, 3.05) is 0 Å². The predicted octanol–water partition coefficient (Wildman–Crippen LogP) is 3.53. The van der Waals surface area contributed by atoms with E-state index < -0.39 is 0 Å². The number of allylic oxidation sites excluding steroid dienone is 3. The van der Waals surface area contributed by atoms with Gasteiger partial charge in [-0.15, -0.1) is 0 Å². The van der Waals surface area contributed by atoms with Crippen LogP contribution in [0.1, 0.15) is 27.7 Å². The summed E-state index contributed by atoms with van der Waals surface area (Å²) in [5.41, 5.74) is 2.89. The zero-order valence-corrected chi connectivity index (χ0v) is 9.46. The van der Waals surface area contributed by atoms with Crippen LogP contribution >= 0.6 is 0 Å². The van der Waals surface area contributed by atoms with E-state index in [9.17, 15) is 0 Å². The number of hydrogen-bond donors (Lipinski definition) is 0. The van der Waals surface area contributed by atoms with Crippen LogP contribution in [0, 0.1) is 0 Å². The van der Waals surface area contributed by atoms with Gasteiger partial charge in [-0.05, 0) is 44.4 Å². The zero-order valence-electron chi connectivity index (χ0n) is 9.46. The molecule has 0 aliphatic rings. The SMILES string of the molecule is C=C(C)/C=N\C(/N=C\C(=C)C)=C(C)C. The molecule has 0 aliphatic carbocycles. The molecule has 0 radical (unpaired) electrons. The Hall–Kier alpha value is -1.44. The van der Waals surface area contributed by atoms with Crippen LogP contribution in [0.15, 0.2) is 45.7 Å². The van der Waals surface area contributed by atoms with Crippen molar-refractivity contribution in [3.05, 3.63) is 35.7 Å². The molecule has 0 aromatic heterocycles. The molecule has 0 spiro atoms. The summed E-state index contributed by atoms with van der Waals surface area (Å²) in [4.78, 5) is 8.42. The lowest BCUT2D eigenvalue weighted by atomic mass is 10.3. The highest BCUT2D eigenvalue weighted by molar-refractivity contribution is 5.80. The molecule has 0 atom stereocenters. The number of nitrogens with zero attached hydrogens (tertiary/aromatic N) is 2. The van der Waals surface area contributed by atoms with Gasteiger partial charge in [-0.2, -0.15) is 0 Å². The third kappa shape index (κ3) is 6.12. The lowest BCUT2D eigenvalue weighted by Gasteiger charge is -1.97. The molecule has 2 heteroatoms. The van der Waals surface area contributed by atoms with Gasteiger partial charge in [0.25, 0.3) is 0 Å². The van der Waals surface area contributed by atoms with E-state index in [1.165, 1.54) is 0 Å². The van der Waals surface area contributed by atoms with Gasteiger partial charge in [-0.1, -0.05) is 13.2 Å². The zero-order chi connectivity index (χ0) is 11.1. The Kier molecular flexibility index (Phi) is 5.46. The molecule has 0 unspecified atom stereocenters. The van der Waals surface area contributed by atoms with Gasteiger partial charge in [0.1, 0.15) is 5.82 Å². The average Bonchev–Trinajstić information content (AvgIpc) is 2.02. The minimum absolute atomic E-state index is 0.719. The van der Waals surface area contributed by atoms with Crippen LogP contribution in [-0.2, 0) is 0 Å². The molecule has 0 bridgehead atoms. The lowest BCUT2D eigenvalue weighted by Crippen LogP contribution is -1.83. The fraction of sp³-hybridized carbons (Fsp3) is 0.333. The molecule has 2 nitrogen and oxygen atoms in total. The molecule has 76 valence electrons. The third-order valence-electron chi connectivity index (χ3n) is 1.26. The Morgan fingerprint density at radius 3 is 1.43 bits per heavy atom. The second-order valence-corrected chi connectivity index (χ2v) is 3.53. The molecule has 0 aliphatic heterocycles. The molecule has 0 aromatic carbocycles. The minimum atomic E-state index is 0.719. The standard InChI is InChI=1S/C12H18N2/c1-9(2)7-13-12(11(5)6)14-8-10(3)4/h7-8H,1,3H2,2,4-6H3/b13-7-,14-8-. The van der Waals surface area contributed by atoms with Crippen molar-refractivity contribution in [1.29, 1.82) is 0 Å². The maximum Gasteiger partial charge on any atom is 0.150 e. The number of aliphatic imine (C=N–C) groups is 2. The largest absolute Gasteiger partial charge is 0.237 e. The third-order valence-corrected chi connectivity index (χ3v) is 1.26. The van der Waals surface area contributed by atoms with Crippen molar-refractivity contribution < 1.29 is 0 Å². The first-order valence-corrected chi connectivity index (χ1v) is 4.50. The first-order valence-electron chi connectivity index (χ1n) is 4.50. The van der Waals surface area contributed by atoms with Gasteiger partial charge in [0.05, 0.1) is 0 Å². The van der Waals surface area contributed by atoms with E-state index >= 15 is 0 Å². The van der Waals surface area contributed by atoms with Gasteiger partial charge in [0.2, 0.25) is 0 Å². The Bertz CT molecular complexity index is 287. The summed E-state index contributed by atoms with van der Waals surface area (Å²) < 4.78 is 0. The highest BCUT2D eigenvalue weighted by Gasteiger charge is 1.91. The molecule has 0 amide bonds. The summed E-state index contributed by atoms with van der Waals surface area (Å²) in [6, 6.07) is 0. The van der Waals surface area contributed by atoms with E-state index in [0.717, 1.165) is 22.5 Å². The maximum absolute atomic E-state index is 4.21. The van der Waals surface area contributed by atoms with Gasteiger partial charge in [0.15, 0.2) is 0 Å². The Labute approximate surface area is 86.5 Å². The Morgan fingerprint density at radius 2 is 1.21 bits per heavy atom. The van der Waals surface area contributed by atoms with Crippen LogP contribution in [0.2, 0.25) is 0 Å². The van der Waals surface area contributed by atoms with Crippen molar-refractivity contribution in [1.82, 2.24) is 0 Å². The topological polar surface area (TPSA) is 24.7 Å². The number of hydrogen-bond acceptors (Lipinski definition) is 2. The van der Waals surface area contributed by atoms with Gasteiger partial charge >= 0.3 is 0 Å². The monoisotopic (exact) mass is 190 g/mol. The van der Waals surface area contributed by atoms with Crippen LogP contribution in [0.25, 0.3) is 0 Å². The van der Waals surface area contributed by atoms with Gasteiger partial charge in [-0.3, -0.25) is 0 Å². The van der Waals surface area contributed by atoms with Crippen LogP contribution in [0.3, 0.4) is 0 Å². The fourth-order valence-corrected chi connectivity index (χ4v) is 0.634. The smallest absolute Gasteiger partial charge is 0.150 e. The van der Waals surface area contributed by atoms with Crippen molar-refractivity contribution in [3.63, 3.8) is 0 Å². The van der Waals surface area contributed by atoms with E-state index in [4.69, 9.17) is 0 Å². The normalized spacial score (nSPS) is 10.9. The summed E-state index contributed by atoms with van der Waals surface area (Å²) in [6.07, 6.45) is 3.41. The summed E-state index contributed by atoms with van der Waals surface area (Å²) in [5, 5.41) is 0. The van der Waals surface area contributed by atoms with Crippen LogP contribution < -0.4 is 0 Å².